The van der Waals surface area contributed by atoms with Crippen molar-refractivity contribution in [1.82, 2.24) is 15.1 Å². The highest BCUT2D eigenvalue weighted by atomic mass is 16.5. The molecule has 1 amide bonds. The Kier molecular flexibility index (Phi) is 9.68. The first-order valence-corrected chi connectivity index (χ1v) is 14.7. The van der Waals surface area contributed by atoms with Crippen molar-refractivity contribution in [3.05, 3.63) is 102 Å². The standard InChI is InChI=1S/C34H43N3O2/c1-27-17-21-36(22-18-27)23-19-35-34(38)30-14-8-15-31(24-30)39-32-16-9-20-37(25-32)26-33(28-10-4-2-5-11-28)29-12-6-3-7-13-29/h2-8,10-15,24,27,32-33H,9,16-23,25-26H2,1H3,(H,35,38). The zero-order chi connectivity index (χ0) is 26.9. The Bertz CT molecular complexity index is 1120. The van der Waals surface area contributed by atoms with E-state index < -0.39 is 0 Å². The molecule has 3 aromatic carbocycles. The van der Waals surface area contributed by atoms with Gasteiger partial charge in [-0.3, -0.25) is 9.69 Å². The predicted molar refractivity (Wildman–Crippen MR) is 158 cm³/mol. The van der Waals surface area contributed by atoms with E-state index in [2.05, 4.69) is 82.7 Å². The van der Waals surface area contributed by atoms with Gasteiger partial charge in [0.15, 0.2) is 0 Å². The van der Waals surface area contributed by atoms with E-state index in [0.29, 0.717) is 18.0 Å². The van der Waals surface area contributed by atoms with E-state index in [-0.39, 0.29) is 12.0 Å². The lowest BCUT2D eigenvalue weighted by Crippen LogP contribution is -2.43. The number of benzene rings is 3. The van der Waals surface area contributed by atoms with Gasteiger partial charge in [0.25, 0.3) is 5.91 Å². The fraction of sp³-hybridized carbons (Fsp3) is 0.441. The van der Waals surface area contributed by atoms with Gasteiger partial charge in [0.05, 0.1) is 0 Å². The Balaban J connectivity index is 1.15. The second-order valence-corrected chi connectivity index (χ2v) is 11.3. The van der Waals surface area contributed by atoms with Crippen molar-refractivity contribution >= 4 is 5.91 Å². The van der Waals surface area contributed by atoms with Gasteiger partial charge in [-0.05, 0) is 80.6 Å². The molecule has 5 rings (SSSR count). The quantitative estimate of drug-likeness (QED) is 0.362. The van der Waals surface area contributed by atoms with Crippen molar-refractivity contribution in [2.45, 2.75) is 44.6 Å². The third kappa shape index (κ3) is 7.93. The Hall–Kier alpha value is -3.15. The van der Waals surface area contributed by atoms with Crippen LogP contribution in [0.1, 0.15) is 60.0 Å². The van der Waals surface area contributed by atoms with E-state index in [4.69, 9.17) is 4.74 Å². The summed E-state index contributed by atoms with van der Waals surface area (Å²) >= 11 is 0. The molecular formula is C34H43N3O2. The molecule has 2 aliphatic rings. The maximum atomic E-state index is 12.8. The highest BCUT2D eigenvalue weighted by Crippen LogP contribution is 2.28. The maximum Gasteiger partial charge on any atom is 0.251 e. The largest absolute Gasteiger partial charge is 0.489 e. The van der Waals surface area contributed by atoms with Gasteiger partial charge in [-0.2, -0.15) is 0 Å². The normalized spacial score (nSPS) is 19.2. The van der Waals surface area contributed by atoms with Crippen molar-refractivity contribution in [2.75, 3.05) is 45.8 Å². The molecule has 39 heavy (non-hydrogen) atoms. The van der Waals surface area contributed by atoms with Crippen LogP contribution >= 0.6 is 0 Å². The number of carbonyl (C=O) groups excluding carboxylic acids is 1. The van der Waals surface area contributed by atoms with Crippen LogP contribution in [0, 0.1) is 5.92 Å². The van der Waals surface area contributed by atoms with E-state index >= 15 is 0 Å². The third-order valence-corrected chi connectivity index (χ3v) is 8.30. The molecule has 5 nitrogen and oxygen atoms in total. The summed E-state index contributed by atoms with van der Waals surface area (Å²) in [7, 11) is 0. The highest BCUT2D eigenvalue weighted by Gasteiger charge is 2.25. The molecule has 0 spiro atoms. The minimum absolute atomic E-state index is 0.0235. The summed E-state index contributed by atoms with van der Waals surface area (Å²) in [5.41, 5.74) is 3.36. The molecule has 2 saturated heterocycles. The predicted octanol–water partition coefficient (Wildman–Crippen LogP) is 5.82. The monoisotopic (exact) mass is 525 g/mol. The van der Waals surface area contributed by atoms with Crippen LogP contribution in [0.4, 0.5) is 0 Å². The van der Waals surface area contributed by atoms with E-state index in [1.807, 2.05) is 24.3 Å². The Labute approximate surface area is 234 Å². The summed E-state index contributed by atoms with van der Waals surface area (Å²) in [6.45, 7) is 9.12. The molecule has 5 heteroatoms. The summed E-state index contributed by atoms with van der Waals surface area (Å²) in [4.78, 5) is 17.8. The number of ether oxygens (including phenoxy) is 1. The summed E-state index contributed by atoms with van der Waals surface area (Å²) in [5.74, 6) is 1.90. The fourth-order valence-electron chi connectivity index (χ4n) is 5.93. The van der Waals surface area contributed by atoms with Crippen LogP contribution in [0.5, 0.6) is 5.75 Å². The van der Waals surface area contributed by atoms with Crippen molar-refractivity contribution in [1.29, 1.82) is 0 Å². The van der Waals surface area contributed by atoms with Gasteiger partial charge >= 0.3 is 0 Å². The summed E-state index contributed by atoms with van der Waals surface area (Å²) in [6.07, 6.45) is 4.76. The Morgan fingerprint density at radius 3 is 2.26 bits per heavy atom. The molecule has 1 unspecified atom stereocenters. The number of amides is 1. The maximum absolute atomic E-state index is 12.8. The molecule has 1 N–H and O–H groups in total. The molecule has 0 aromatic heterocycles. The molecule has 0 radical (unpaired) electrons. The van der Waals surface area contributed by atoms with Gasteiger partial charge in [-0.1, -0.05) is 73.7 Å². The van der Waals surface area contributed by atoms with Crippen LogP contribution < -0.4 is 10.1 Å². The Morgan fingerprint density at radius 1 is 0.872 bits per heavy atom. The molecule has 206 valence electrons. The number of rotatable bonds is 10. The average molecular weight is 526 g/mol. The minimum Gasteiger partial charge on any atom is -0.489 e. The molecule has 2 aliphatic heterocycles. The molecule has 3 aromatic rings. The number of hydrogen-bond donors (Lipinski definition) is 1. The third-order valence-electron chi connectivity index (χ3n) is 8.30. The second kappa shape index (κ2) is 13.8. The van der Waals surface area contributed by atoms with Crippen molar-refractivity contribution in [2.24, 2.45) is 5.92 Å². The van der Waals surface area contributed by atoms with Crippen LogP contribution in [0.3, 0.4) is 0 Å². The second-order valence-electron chi connectivity index (χ2n) is 11.3. The number of hydrogen-bond acceptors (Lipinski definition) is 4. The van der Waals surface area contributed by atoms with E-state index in [1.54, 1.807) is 0 Å². The first-order chi connectivity index (χ1) is 19.1. The van der Waals surface area contributed by atoms with Crippen LogP contribution in [-0.2, 0) is 0 Å². The first kappa shape index (κ1) is 27.4. The smallest absolute Gasteiger partial charge is 0.251 e. The summed E-state index contributed by atoms with van der Waals surface area (Å²) in [6, 6.07) is 29.3. The van der Waals surface area contributed by atoms with Gasteiger partial charge < -0.3 is 15.0 Å². The number of carbonyl (C=O) groups is 1. The highest BCUT2D eigenvalue weighted by molar-refractivity contribution is 5.94. The minimum atomic E-state index is -0.0235. The lowest BCUT2D eigenvalue weighted by molar-refractivity contribution is 0.0860. The van der Waals surface area contributed by atoms with Crippen LogP contribution in [0.25, 0.3) is 0 Å². The molecule has 0 aliphatic carbocycles. The molecule has 0 bridgehead atoms. The lowest BCUT2D eigenvalue weighted by atomic mass is 9.90. The molecule has 2 heterocycles. The molecule has 1 atom stereocenters. The fourth-order valence-corrected chi connectivity index (χ4v) is 5.93. The average Bonchev–Trinajstić information content (AvgIpc) is 2.98. The zero-order valence-corrected chi connectivity index (χ0v) is 23.3. The molecule has 2 fully saturated rings. The topological polar surface area (TPSA) is 44.8 Å². The zero-order valence-electron chi connectivity index (χ0n) is 23.3. The summed E-state index contributed by atoms with van der Waals surface area (Å²) < 4.78 is 6.45. The van der Waals surface area contributed by atoms with Crippen molar-refractivity contribution in [3.63, 3.8) is 0 Å². The van der Waals surface area contributed by atoms with Gasteiger partial charge in [0, 0.05) is 37.7 Å². The molecule has 0 saturated carbocycles. The van der Waals surface area contributed by atoms with Gasteiger partial charge in [0.2, 0.25) is 0 Å². The van der Waals surface area contributed by atoms with Crippen LogP contribution in [0.2, 0.25) is 0 Å². The number of nitrogens with one attached hydrogen (secondary N) is 1. The van der Waals surface area contributed by atoms with E-state index in [9.17, 15) is 4.79 Å². The Morgan fingerprint density at radius 2 is 1.56 bits per heavy atom. The van der Waals surface area contributed by atoms with E-state index in [1.165, 1.54) is 24.0 Å². The number of nitrogens with zero attached hydrogens (tertiary/aromatic N) is 2. The van der Waals surface area contributed by atoms with Crippen LogP contribution in [0.15, 0.2) is 84.9 Å². The molecular weight excluding hydrogens is 482 g/mol. The van der Waals surface area contributed by atoms with E-state index in [0.717, 1.165) is 63.8 Å². The number of likely N-dealkylation sites (tertiary alicyclic amines) is 2. The van der Waals surface area contributed by atoms with Crippen molar-refractivity contribution < 1.29 is 9.53 Å². The lowest BCUT2D eigenvalue weighted by Gasteiger charge is -2.35. The van der Waals surface area contributed by atoms with Gasteiger partial charge in [-0.25, -0.2) is 0 Å². The van der Waals surface area contributed by atoms with Gasteiger partial charge in [-0.15, -0.1) is 0 Å². The van der Waals surface area contributed by atoms with Crippen LogP contribution in [-0.4, -0.2) is 67.6 Å². The van der Waals surface area contributed by atoms with Crippen molar-refractivity contribution in [3.8, 4) is 5.75 Å². The SMILES string of the molecule is CC1CCN(CCNC(=O)c2cccc(OC3CCCN(CC(c4ccccc4)c4ccccc4)C3)c2)CC1. The first-order valence-electron chi connectivity index (χ1n) is 14.7. The van der Waals surface area contributed by atoms with Gasteiger partial charge in [0.1, 0.15) is 11.9 Å². The summed E-state index contributed by atoms with van der Waals surface area (Å²) in [5, 5.41) is 3.10. The number of piperidine rings is 2.